The highest BCUT2D eigenvalue weighted by Gasteiger charge is 2.76. The van der Waals surface area contributed by atoms with Crippen molar-refractivity contribution < 1.29 is 59.2 Å². The van der Waals surface area contributed by atoms with Gasteiger partial charge in [0.25, 0.3) is 0 Å². The summed E-state index contributed by atoms with van der Waals surface area (Å²) in [4.78, 5) is 26.1. The number of aliphatic hydroxyl groups is 7. The first-order chi connectivity index (χ1) is 17.7. The van der Waals surface area contributed by atoms with Gasteiger partial charge in [-0.05, 0) is 12.5 Å². The van der Waals surface area contributed by atoms with Crippen LogP contribution in [0.2, 0.25) is 0 Å². The molecule has 2 aliphatic carbocycles. The highest BCUT2D eigenvalue weighted by molar-refractivity contribution is 5.82. The third kappa shape index (κ3) is 3.44. The van der Waals surface area contributed by atoms with E-state index in [1.165, 1.54) is 6.92 Å². The molecule has 5 rings (SSSR count). The quantitative estimate of drug-likeness (QED) is 0.197. The van der Waals surface area contributed by atoms with Gasteiger partial charge in [0.2, 0.25) is 0 Å². The van der Waals surface area contributed by atoms with Crippen LogP contribution in [0.5, 0.6) is 0 Å². The Morgan fingerprint density at radius 2 is 1.63 bits per heavy atom. The Labute approximate surface area is 217 Å². The maximum absolute atomic E-state index is 13.5. The Hall–Kier alpha value is -1.94. The molecule has 1 saturated carbocycles. The molecule has 7 N–H and O–H groups in total. The predicted molar refractivity (Wildman–Crippen MR) is 124 cm³/mol. The highest BCUT2D eigenvalue weighted by Crippen LogP contribution is 2.64. The minimum atomic E-state index is -1.84. The lowest BCUT2D eigenvalue weighted by Gasteiger charge is -2.58. The maximum Gasteiger partial charge on any atom is 0.336 e. The molecule has 0 spiro atoms. The molecule has 13 nitrogen and oxygen atoms in total. The van der Waals surface area contributed by atoms with Gasteiger partial charge in [-0.15, -0.1) is 0 Å². The molecule has 1 aromatic heterocycles. The van der Waals surface area contributed by atoms with Gasteiger partial charge < -0.3 is 54.4 Å². The molecule has 0 aromatic carbocycles. The van der Waals surface area contributed by atoms with Crippen molar-refractivity contribution in [1.82, 2.24) is 0 Å². The van der Waals surface area contributed by atoms with Crippen LogP contribution in [0.15, 0.2) is 15.3 Å². The van der Waals surface area contributed by atoms with E-state index in [9.17, 15) is 45.3 Å². The van der Waals surface area contributed by atoms with E-state index in [4.69, 9.17) is 18.6 Å². The van der Waals surface area contributed by atoms with Crippen molar-refractivity contribution in [3.8, 4) is 0 Å². The molecule has 13 atom stereocenters. The smallest absolute Gasteiger partial charge is 0.336 e. The van der Waals surface area contributed by atoms with Gasteiger partial charge in [0.05, 0.1) is 12.7 Å². The fourth-order valence-corrected chi connectivity index (χ4v) is 7.09. The number of carbonyl (C=O) groups excluding carboxylic acids is 1. The zero-order valence-corrected chi connectivity index (χ0v) is 21.3. The molecule has 0 amide bonds. The van der Waals surface area contributed by atoms with E-state index in [1.54, 1.807) is 20.8 Å². The standard InChI is InChI=1S/C25H34O13/c1-7(2)17-11-8(5-10(27)36-17)24(3)19-18(13(11)29)37-23(34)25(19,4)21(16(32)20(24)33)38-22-15(31)14(30)12(28)9(6-26)35-22/h5,7,9,12-16,18-22,26,28-33H,6H2,1-4H3/t9-,12-,13-,14+,15-,16+,18?,19-,20-,21+,22?,24-,25-/m1/s1. The third-order valence-electron chi connectivity index (χ3n) is 9.01. The van der Waals surface area contributed by atoms with Crippen molar-refractivity contribution >= 4 is 5.97 Å². The predicted octanol–water partition coefficient (Wildman–Crippen LogP) is -2.46. The lowest BCUT2D eigenvalue weighted by molar-refractivity contribution is -0.337. The van der Waals surface area contributed by atoms with E-state index in [-0.39, 0.29) is 22.8 Å². The Morgan fingerprint density at radius 1 is 0.974 bits per heavy atom. The summed E-state index contributed by atoms with van der Waals surface area (Å²) in [6.45, 7) is 5.76. The van der Waals surface area contributed by atoms with Crippen molar-refractivity contribution in [1.29, 1.82) is 0 Å². The molecular weight excluding hydrogens is 508 g/mol. The second-order valence-corrected chi connectivity index (χ2v) is 11.5. The van der Waals surface area contributed by atoms with Crippen LogP contribution in [-0.4, -0.2) is 103 Å². The number of hydrogen-bond acceptors (Lipinski definition) is 13. The molecule has 4 aliphatic rings. The second kappa shape index (κ2) is 9.04. The van der Waals surface area contributed by atoms with Gasteiger partial charge in [-0.1, -0.05) is 20.8 Å². The molecule has 2 saturated heterocycles. The maximum atomic E-state index is 13.5. The average molecular weight is 543 g/mol. The van der Waals surface area contributed by atoms with Crippen molar-refractivity contribution in [2.24, 2.45) is 11.3 Å². The van der Waals surface area contributed by atoms with Crippen LogP contribution in [0.1, 0.15) is 56.6 Å². The van der Waals surface area contributed by atoms with E-state index in [0.717, 1.165) is 6.07 Å². The summed E-state index contributed by atoms with van der Waals surface area (Å²) >= 11 is 0. The molecule has 2 aliphatic heterocycles. The first-order valence-electron chi connectivity index (χ1n) is 12.6. The van der Waals surface area contributed by atoms with E-state index < -0.39 is 96.2 Å². The van der Waals surface area contributed by atoms with Gasteiger partial charge >= 0.3 is 11.6 Å². The van der Waals surface area contributed by atoms with Crippen molar-refractivity contribution in [3.05, 3.63) is 33.4 Å². The monoisotopic (exact) mass is 542 g/mol. The van der Waals surface area contributed by atoms with Crippen LogP contribution in [0.4, 0.5) is 0 Å². The normalized spacial score (nSPS) is 48.0. The van der Waals surface area contributed by atoms with Crippen molar-refractivity contribution in [3.63, 3.8) is 0 Å². The van der Waals surface area contributed by atoms with Crippen molar-refractivity contribution in [2.45, 2.75) is 100 Å². The van der Waals surface area contributed by atoms with Gasteiger partial charge in [-0.2, -0.15) is 0 Å². The van der Waals surface area contributed by atoms with Crippen LogP contribution in [0, 0.1) is 11.3 Å². The van der Waals surface area contributed by atoms with Gasteiger partial charge in [0.15, 0.2) is 6.29 Å². The number of aliphatic hydroxyl groups excluding tert-OH is 7. The van der Waals surface area contributed by atoms with Gasteiger partial charge in [0.1, 0.15) is 60.0 Å². The Bertz CT molecular complexity index is 1160. The minimum Gasteiger partial charge on any atom is -0.458 e. The first kappa shape index (κ1) is 27.6. The molecule has 0 bridgehead atoms. The molecule has 13 heteroatoms. The number of esters is 1. The van der Waals surface area contributed by atoms with E-state index in [1.807, 2.05) is 0 Å². The fraction of sp³-hybridized carbons (Fsp3) is 0.760. The number of carbonyl (C=O) groups is 1. The van der Waals surface area contributed by atoms with Crippen molar-refractivity contribution in [2.75, 3.05) is 6.61 Å². The van der Waals surface area contributed by atoms with Crippen LogP contribution < -0.4 is 5.63 Å². The Morgan fingerprint density at radius 3 is 2.24 bits per heavy atom. The van der Waals surface area contributed by atoms with Gasteiger partial charge in [-0.3, -0.25) is 4.79 Å². The lowest BCUT2D eigenvalue weighted by Crippen LogP contribution is -2.72. The zero-order chi connectivity index (χ0) is 28.1. The van der Waals surface area contributed by atoms with Crippen LogP contribution in [-0.2, 0) is 24.4 Å². The summed E-state index contributed by atoms with van der Waals surface area (Å²) < 4.78 is 22.3. The minimum absolute atomic E-state index is 0.172. The summed E-state index contributed by atoms with van der Waals surface area (Å²) in [6, 6.07) is 1.14. The lowest BCUT2D eigenvalue weighted by atomic mass is 9.47. The number of rotatable bonds is 4. The summed E-state index contributed by atoms with van der Waals surface area (Å²) in [5.41, 5.74) is -3.54. The number of hydrogen-bond donors (Lipinski definition) is 7. The number of ether oxygens (including phenoxy) is 3. The fourth-order valence-electron chi connectivity index (χ4n) is 7.09. The molecule has 3 fully saturated rings. The largest absolute Gasteiger partial charge is 0.458 e. The Balaban J connectivity index is 1.63. The summed E-state index contributed by atoms with van der Waals surface area (Å²) in [6.07, 6.45) is -16.0. The van der Waals surface area contributed by atoms with Gasteiger partial charge in [0, 0.05) is 28.9 Å². The molecule has 1 aromatic rings. The molecule has 0 radical (unpaired) electrons. The molecule has 3 heterocycles. The van der Waals surface area contributed by atoms with Crippen LogP contribution in [0.25, 0.3) is 0 Å². The highest BCUT2D eigenvalue weighted by atomic mass is 16.7. The zero-order valence-electron chi connectivity index (χ0n) is 21.3. The van der Waals surface area contributed by atoms with E-state index >= 15 is 0 Å². The van der Waals surface area contributed by atoms with Crippen LogP contribution in [0.3, 0.4) is 0 Å². The molecule has 212 valence electrons. The molecule has 2 unspecified atom stereocenters. The summed E-state index contributed by atoms with van der Waals surface area (Å²) in [7, 11) is 0. The van der Waals surface area contributed by atoms with Crippen LogP contribution >= 0.6 is 0 Å². The third-order valence-corrected chi connectivity index (χ3v) is 9.01. The number of fused-ring (bicyclic) bond motifs is 2. The topological polar surface area (TPSA) is 217 Å². The Kier molecular flexibility index (Phi) is 6.57. The SMILES string of the molecule is CC(C)c1oc(=O)cc2c1[C@@H](O)C1OC(=O)[C@@]3(C)[C@@H](OC4O[C@H](CO)[C@@H](O)[C@H](O)[C@H]4O)[C@@H](O)[C@@H](O)[C@@]2(C)[C@@H]13. The second-order valence-electron chi connectivity index (χ2n) is 11.5. The average Bonchev–Trinajstić information content (AvgIpc) is 3.15. The summed E-state index contributed by atoms with van der Waals surface area (Å²) in [5.74, 6) is -2.06. The molecular formula is C25H34O13. The van der Waals surface area contributed by atoms with E-state index in [2.05, 4.69) is 0 Å². The first-order valence-corrected chi connectivity index (χ1v) is 12.6. The molecule has 38 heavy (non-hydrogen) atoms. The summed E-state index contributed by atoms with van der Waals surface area (Å²) in [5, 5.41) is 74.7. The van der Waals surface area contributed by atoms with Gasteiger partial charge in [-0.25, -0.2) is 4.79 Å². The van der Waals surface area contributed by atoms with E-state index in [0.29, 0.717) is 0 Å².